The van der Waals surface area contributed by atoms with Gasteiger partial charge in [0.2, 0.25) is 0 Å². The number of ether oxygens (including phenoxy) is 1. The number of benzene rings is 2. The van der Waals surface area contributed by atoms with Crippen LogP contribution in [0.25, 0.3) is 0 Å². The van der Waals surface area contributed by atoms with Crippen LogP contribution in [0.2, 0.25) is 0 Å². The third kappa shape index (κ3) is 4.48. The highest BCUT2D eigenvalue weighted by Crippen LogP contribution is 2.36. The Labute approximate surface area is 174 Å². The Morgan fingerprint density at radius 3 is 2.53 bits per heavy atom. The van der Waals surface area contributed by atoms with Crippen LogP contribution in [0.4, 0.5) is 13.2 Å². The smallest absolute Gasteiger partial charge is 0.416 e. The maximum absolute atomic E-state index is 13.4. The molecule has 0 bridgehead atoms. The Bertz CT molecular complexity index is 892. The van der Waals surface area contributed by atoms with Gasteiger partial charge in [-0.3, -0.25) is 4.90 Å². The fraction of sp³-hybridized carbons (Fsp3) is 0.478. The number of fused-ring (bicyclic) bond motifs is 1. The first-order valence-electron chi connectivity index (χ1n) is 10.3. The first-order valence-corrected chi connectivity index (χ1v) is 10.3. The second-order valence-corrected chi connectivity index (χ2v) is 8.37. The zero-order valence-electron chi connectivity index (χ0n) is 17.1. The average molecular weight is 420 g/mol. The molecule has 30 heavy (non-hydrogen) atoms. The second-order valence-electron chi connectivity index (χ2n) is 8.37. The van der Waals surface area contributed by atoms with E-state index in [1.807, 2.05) is 30.1 Å². The van der Waals surface area contributed by atoms with Crippen LogP contribution in [0.1, 0.15) is 35.1 Å². The molecule has 162 valence electrons. The molecule has 0 atom stereocenters. The van der Waals surface area contributed by atoms with Gasteiger partial charge >= 0.3 is 6.18 Å². The zero-order chi connectivity index (χ0) is 21.4. The van der Waals surface area contributed by atoms with Gasteiger partial charge in [0.25, 0.3) is 0 Å². The Kier molecular flexibility index (Phi) is 5.79. The third-order valence-corrected chi connectivity index (χ3v) is 6.19. The van der Waals surface area contributed by atoms with E-state index in [2.05, 4.69) is 4.90 Å². The summed E-state index contributed by atoms with van der Waals surface area (Å²) in [5.41, 5.74) is 0.558. The van der Waals surface area contributed by atoms with Gasteiger partial charge < -0.3 is 14.7 Å². The number of hydrogen-bond donors (Lipinski definition) is 1. The van der Waals surface area contributed by atoms with Gasteiger partial charge in [0.15, 0.2) is 0 Å². The minimum absolute atomic E-state index is 0.192. The number of nitrogens with zero attached hydrogens (tertiary/aromatic N) is 2. The van der Waals surface area contributed by atoms with Gasteiger partial charge in [-0.25, -0.2) is 0 Å². The fourth-order valence-electron chi connectivity index (χ4n) is 4.33. The number of rotatable bonds is 3. The van der Waals surface area contributed by atoms with E-state index >= 15 is 0 Å². The van der Waals surface area contributed by atoms with Crippen molar-refractivity contribution < 1.29 is 23.0 Å². The van der Waals surface area contributed by atoms with Crippen molar-refractivity contribution in [3.63, 3.8) is 0 Å². The van der Waals surface area contributed by atoms with Crippen molar-refractivity contribution in [2.45, 2.75) is 37.7 Å². The van der Waals surface area contributed by atoms with E-state index in [9.17, 15) is 18.3 Å². The third-order valence-electron chi connectivity index (χ3n) is 6.19. The van der Waals surface area contributed by atoms with Gasteiger partial charge in [-0.1, -0.05) is 24.3 Å². The number of piperidine rings is 1. The lowest BCUT2D eigenvalue weighted by Crippen LogP contribution is -2.40. The Morgan fingerprint density at radius 2 is 1.80 bits per heavy atom. The van der Waals surface area contributed by atoms with Crippen molar-refractivity contribution in [1.82, 2.24) is 9.80 Å². The van der Waals surface area contributed by atoms with Crippen LogP contribution in [0.3, 0.4) is 0 Å². The minimum atomic E-state index is -4.37. The van der Waals surface area contributed by atoms with Crippen LogP contribution in [0.15, 0.2) is 42.5 Å². The maximum Gasteiger partial charge on any atom is 0.416 e. The maximum atomic E-state index is 13.4. The molecule has 2 aromatic carbocycles. The second kappa shape index (κ2) is 8.21. The summed E-state index contributed by atoms with van der Waals surface area (Å²) < 4.78 is 46.0. The summed E-state index contributed by atoms with van der Waals surface area (Å²) in [5, 5.41) is 11.2. The predicted octanol–water partition coefficient (Wildman–Crippen LogP) is 4.01. The monoisotopic (exact) mass is 420 g/mol. The summed E-state index contributed by atoms with van der Waals surface area (Å²) >= 11 is 0. The Balaban J connectivity index is 1.57. The van der Waals surface area contributed by atoms with Crippen LogP contribution in [-0.2, 0) is 24.9 Å². The van der Waals surface area contributed by atoms with Crippen molar-refractivity contribution in [3.05, 3.63) is 64.7 Å². The molecular formula is C23H27F3N2O2. The summed E-state index contributed by atoms with van der Waals surface area (Å²) in [6, 6.07) is 11.5. The Hall–Kier alpha value is -2.09. The summed E-state index contributed by atoms with van der Waals surface area (Å²) in [6.07, 6.45) is -3.06. The fourth-order valence-corrected chi connectivity index (χ4v) is 4.33. The van der Waals surface area contributed by atoms with Crippen molar-refractivity contribution in [3.8, 4) is 5.75 Å². The highest BCUT2D eigenvalue weighted by molar-refractivity contribution is 5.40. The molecule has 0 spiro atoms. The highest BCUT2D eigenvalue weighted by atomic mass is 19.4. The molecule has 4 nitrogen and oxygen atoms in total. The summed E-state index contributed by atoms with van der Waals surface area (Å²) in [7, 11) is 2.04. The van der Waals surface area contributed by atoms with Crippen LogP contribution in [-0.4, -0.2) is 48.2 Å². The van der Waals surface area contributed by atoms with Crippen molar-refractivity contribution in [1.29, 1.82) is 0 Å². The molecule has 2 aromatic rings. The van der Waals surface area contributed by atoms with E-state index in [-0.39, 0.29) is 12.1 Å². The molecule has 2 aliphatic heterocycles. The molecule has 7 heteroatoms. The number of hydrogen-bond acceptors (Lipinski definition) is 4. The zero-order valence-corrected chi connectivity index (χ0v) is 17.1. The summed E-state index contributed by atoms with van der Waals surface area (Å²) in [6.45, 7) is 3.26. The van der Waals surface area contributed by atoms with Gasteiger partial charge in [0.05, 0.1) is 11.2 Å². The topological polar surface area (TPSA) is 35.9 Å². The lowest BCUT2D eigenvalue weighted by molar-refractivity contribution is -0.138. The molecule has 4 rings (SSSR count). The van der Waals surface area contributed by atoms with E-state index in [0.717, 1.165) is 36.0 Å². The SMILES string of the molecule is CN1CCC(O)(c2ccc3c(c2)CN(Cc2ccccc2C(F)(F)F)CCO3)CC1. The van der Waals surface area contributed by atoms with Crippen LogP contribution in [0, 0.1) is 0 Å². The van der Waals surface area contributed by atoms with E-state index in [1.54, 1.807) is 6.07 Å². The van der Waals surface area contributed by atoms with Gasteiger partial charge in [-0.15, -0.1) is 0 Å². The molecule has 0 aromatic heterocycles. The van der Waals surface area contributed by atoms with Crippen molar-refractivity contribution in [2.75, 3.05) is 33.3 Å². The van der Waals surface area contributed by atoms with Gasteiger partial charge in [-0.2, -0.15) is 13.2 Å². The molecule has 1 saturated heterocycles. The predicted molar refractivity (Wildman–Crippen MR) is 108 cm³/mol. The quantitative estimate of drug-likeness (QED) is 0.814. The molecule has 1 N–H and O–H groups in total. The minimum Gasteiger partial charge on any atom is -0.492 e. The molecule has 0 radical (unpaired) electrons. The summed E-state index contributed by atoms with van der Waals surface area (Å²) in [5.74, 6) is 0.738. The number of alkyl halides is 3. The molecular weight excluding hydrogens is 393 g/mol. The molecule has 0 aliphatic carbocycles. The molecule has 1 fully saturated rings. The first-order chi connectivity index (χ1) is 14.2. The molecule has 2 heterocycles. The largest absolute Gasteiger partial charge is 0.492 e. The van der Waals surface area contributed by atoms with Crippen molar-refractivity contribution in [2.24, 2.45) is 0 Å². The highest BCUT2D eigenvalue weighted by Gasteiger charge is 2.35. The summed E-state index contributed by atoms with van der Waals surface area (Å²) in [4.78, 5) is 4.17. The molecule has 0 amide bonds. The number of likely N-dealkylation sites (tertiary alicyclic amines) is 1. The number of aliphatic hydroxyl groups is 1. The average Bonchev–Trinajstić information content (AvgIpc) is 2.91. The van der Waals surface area contributed by atoms with E-state index in [1.165, 1.54) is 12.1 Å². The normalized spacial score (nSPS) is 20.3. The van der Waals surface area contributed by atoms with Gasteiger partial charge in [-0.05, 0) is 49.2 Å². The lowest BCUT2D eigenvalue weighted by Gasteiger charge is -2.37. The van der Waals surface area contributed by atoms with Crippen molar-refractivity contribution >= 4 is 0 Å². The molecule has 0 saturated carbocycles. The van der Waals surface area contributed by atoms with Crippen LogP contribution >= 0.6 is 0 Å². The van der Waals surface area contributed by atoms with Gasteiger partial charge in [0, 0.05) is 38.3 Å². The standard InChI is InChI=1S/C23H27F3N2O2/c1-27-10-8-22(29,9-11-27)19-6-7-21-18(14-19)16-28(12-13-30-21)15-17-4-2-3-5-20(17)23(24,25)26/h2-7,14,29H,8-13,15-16H2,1H3. The first kappa shape index (κ1) is 21.2. The van der Waals surface area contributed by atoms with Crippen LogP contribution in [0.5, 0.6) is 5.75 Å². The Morgan fingerprint density at radius 1 is 1.07 bits per heavy atom. The van der Waals surface area contributed by atoms with E-state index in [4.69, 9.17) is 4.74 Å². The van der Waals surface area contributed by atoms with E-state index in [0.29, 0.717) is 32.5 Å². The lowest BCUT2D eigenvalue weighted by atomic mass is 9.84. The van der Waals surface area contributed by atoms with Crippen LogP contribution < -0.4 is 4.74 Å². The van der Waals surface area contributed by atoms with Gasteiger partial charge in [0.1, 0.15) is 12.4 Å². The molecule has 0 unspecified atom stereocenters. The molecule has 2 aliphatic rings. The number of halogens is 3. The van der Waals surface area contributed by atoms with E-state index < -0.39 is 17.3 Å².